The normalized spacial score (nSPS) is 11.6. The van der Waals surface area contributed by atoms with Gasteiger partial charge in [-0.05, 0) is 26.8 Å². The van der Waals surface area contributed by atoms with Crippen LogP contribution in [0.2, 0.25) is 0 Å². The molecule has 0 heterocycles. The molecule has 0 spiro atoms. The van der Waals surface area contributed by atoms with Crippen molar-refractivity contribution >= 4 is 17.5 Å². The number of nitrogens with one attached hydrogen (secondary N) is 2. The molecular formula is C13H17N3O4. The Morgan fingerprint density at radius 3 is 2.60 bits per heavy atom. The number of carbonyl (C=O) groups is 2. The number of amides is 2. The molecule has 1 rings (SSSR count). The van der Waals surface area contributed by atoms with Crippen LogP contribution < -0.4 is 10.6 Å². The van der Waals surface area contributed by atoms with Crippen molar-refractivity contribution in [1.29, 1.82) is 0 Å². The fourth-order valence-corrected chi connectivity index (χ4v) is 1.75. The summed E-state index contributed by atoms with van der Waals surface area (Å²) in [5.41, 5.74) is 0.104. The first kappa shape index (κ1) is 15.6. The number of rotatable bonds is 5. The summed E-state index contributed by atoms with van der Waals surface area (Å²) >= 11 is 0. The van der Waals surface area contributed by atoms with Gasteiger partial charge in [0.1, 0.15) is 11.6 Å². The van der Waals surface area contributed by atoms with Crippen LogP contribution in [0.15, 0.2) is 18.2 Å². The lowest BCUT2D eigenvalue weighted by Crippen LogP contribution is -2.44. The Kier molecular flexibility index (Phi) is 5.19. The Labute approximate surface area is 116 Å². The topological polar surface area (TPSA) is 101 Å². The van der Waals surface area contributed by atoms with Crippen molar-refractivity contribution in [2.24, 2.45) is 0 Å². The first-order chi connectivity index (χ1) is 9.38. The number of likely N-dealkylation sites (N-methyl/N-ethyl adjacent to an activating group) is 1. The molecule has 0 fully saturated rings. The highest BCUT2D eigenvalue weighted by Gasteiger charge is 2.24. The Balaban J connectivity index is 2.96. The second-order valence-electron chi connectivity index (χ2n) is 4.32. The number of nitro groups is 1. The van der Waals surface area contributed by atoms with Crippen molar-refractivity contribution in [3.05, 3.63) is 39.4 Å². The zero-order valence-corrected chi connectivity index (χ0v) is 11.6. The quantitative estimate of drug-likeness (QED) is 0.623. The van der Waals surface area contributed by atoms with Gasteiger partial charge in [-0.15, -0.1) is 0 Å². The highest BCUT2D eigenvalue weighted by Crippen LogP contribution is 2.22. The van der Waals surface area contributed by atoms with E-state index in [0.29, 0.717) is 12.1 Å². The molecule has 0 saturated carbocycles. The lowest BCUT2D eigenvalue weighted by molar-refractivity contribution is -0.385. The molecule has 0 bridgehead atoms. The maximum atomic E-state index is 12.0. The van der Waals surface area contributed by atoms with E-state index in [2.05, 4.69) is 10.6 Å². The molecule has 108 valence electrons. The molecule has 0 aromatic heterocycles. The van der Waals surface area contributed by atoms with Crippen molar-refractivity contribution in [2.45, 2.75) is 26.8 Å². The lowest BCUT2D eigenvalue weighted by atomic mass is 10.1. The molecule has 0 aliphatic rings. The zero-order valence-electron chi connectivity index (χ0n) is 11.6. The monoisotopic (exact) mass is 279 g/mol. The number of carbonyl (C=O) groups excluding carboxylic acids is 2. The molecule has 2 amide bonds. The van der Waals surface area contributed by atoms with E-state index in [0.717, 1.165) is 0 Å². The molecule has 0 saturated heterocycles. The van der Waals surface area contributed by atoms with E-state index in [1.165, 1.54) is 13.0 Å². The fraction of sp³-hybridized carbons (Fsp3) is 0.385. The number of nitro benzene ring substituents is 1. The first-order valence-corrected chi connectivity index (χ1v) is 6.21. The van der Waals surface area contributed by atoms with Crippen LogP contribution in [0.4, 0.5) is 5.69 Å². The van der Waals surface area contributed by atoms with Gasteiger partial charge in [0.25, 0.3) is 11.6 Å². The van der Waals surface area contributed by atoms with Gasteiger partial charge in [0.05, 0.1) is 4.92 Å². The molecule has 1 aromatic rings. The summed E-state index contributed by atoms with van der Waals surface area (Å²) in [5.74, 6) is -0.977. The summed E-state index contributed by atoms with van der Waals surface area (Å²) in [6.45, 7) is 5.29. The molecule has 1 atom stereocenters. The molecule has 7 heteroatoms. The third-order valence-electron chi connectivity index (χ3n) is 2.76. The minimum Gasteiger partial charge on any atom is -0.355 e. The number of para-hydroxylation sites is 1. The largest absolute Gasteiger partial charge is 0.355 e. The van der Waals surface area contributed by atoms with Gasteiger partial charge in [-0.3, -0.25) is 19.7 Å². The number of hydrogen-bond donors (Lipinski definition) is 2. The maximum Gasteiger partial charge on any atom is 0.285 e. The van der Waals surface area contributed by atoms with Crippen LogP contribution in [-0.2, 0) is 4.79 Å². The molecule has 2 N–H and O–H groups in total. The van der Waals surface area contributed by atoms with E-state index in [1.54, 1.807) is 26.0 Å². The van der Waals surface area contributed by atoms with E-state index in [9.17, 15) is 19.7 Å². The zero-order chi connectivity index (χ0) is 15.3. The molecule has 0 aliphatic carbocycles. The van der Waals surface area contributed by atoms with E-state index >= 15 is 0 Å². The Bertz CT molecular complexity index is 542. The molecule has 0 aliphatic heterocycles. The maximum absolute atomic E-state index is 12.0. The minimum atomic E-state index is -0.762. The van der Waals surface area contributed by atoms with Gasteiger partial charge in [0, 0.05) is 12.1 Å². The summed E-state index contributed by atoms with van der Waals surface area (Å²) in [4.78, 5) is 34.0. The van der Waals surface area contributed by atoms with Crippen molar-refractivity contribution in [2.75, 3.05) is 6.54 Å². The molecule has 0 radical (unpaired) electrons. The van der Waals surface area contributed by atoms with Crippen molar-refractivity contribution in [3.8, 4) is 0 Å². The third kappa shape index (κ3) is 3.53. The number of hydrogen-bond acceptors (Lipinski definition) is 4. The van der Waals surface area contributed by atoms with Crippen LogP contribution in [0.1, 0.15) is 29.8 Å². The van der Waals surface area contributed by atoms with Crippen molar-refractivity contribution in [1.82, 2.24) is 10.6 Å². The van der Waals surface area contributed by atoms with Gasteiger partial charge in [-0.25, -0.2) is 0 Å². The van der Waals surface area contributed by atoms with Crippen LogP contribution in [0.5, 0.6) is 0 Å². The molecular weight excluding hydrogens is 262 g/mol. The minimum absolute atomic E-state index is 0.0499. The molecule has 7 nitrogen and oxygen atoms in total. The summed E-state index contributed by atoms with van der Waals surface area (Å²) in [5, 5.41) is 16.0. The van der Waals surface area contributed by atoms with Crippen LogP contribution in [0.25, 0.3) is 0 Å². The average molecular weight is 279 g/mol. The van der Waals surface area contributed by atoms with Gasteiger partial charge in [-0.2, -0.15) is 0 Å². The van der Waals surface area contributed by atoms with Gasteiger partial charge in [0.2, 0.25) is 5.91 Å². The number of aryl methyl sites for hydroxylation is 1. The predicted molar refractivity (Wildman–Crippen MR) is 73.4 cm³/mol. The van der Waals surface area contributed by atoms with Crippen molar-refractivity contribution < 1.29 is 14.5 Å². The summed E-state index contributed by atoms with van der Waals surface area (Å²) < 4.78 is 0. The highest BCUT2D eigenvalue weighted by atomic mass is 16.6. The van der Waals surface area contributed by atoms with Crippen LogP contribution >= 0.6 is 0 Å². The summed E-state index contributed by atoms with van der Waals surface area (Å²) in [6, 6.07) is 3.73. The third-order valence-corrected chi connectivity index (χ3v) is 2.76. The van der Waals surface area contributed by atoms with Crippen LogP contribution in [-0.4, -0.2) is 29.3 Å². The summed E-state index contributed by atoms with van der Waals surface area (Å²) in [7, 11) is 0. The van der Waals surface area contributed by atoms with E-state index in [1.807, 2.05) is 0 Å². The average Bonchev–Trinajstić information content (AvgIpc) is 2.37. The van der Waals surface area contributed by atoms with E-state index in [-0.39, 0.29) is 17.2 Å². The Hall–Kier alpha value is -2.44. The molecule has 1 aromatic carbocycles. The van der Waals surface area contributed by atoms with Gasteiger partial charge in [-0.1, -0.05) is 12.1 Å². The first-order valence-electron chi connectivity index (χ1n) is 6.21. The lowest BCUT2D eigenvalue weighted by Gasteiger charge is -2.13. The second-order valence-corrected chi connectivity index (χ2v) is 4.32. The molecule has 1 unspecified atom stereocenters. The standard InChI is InChI=1S/C13H17N3O4/c1-4-14-12(17)9(3)15-13(18)10-7-5-6-8(2)11(10)16(19)20/h5-7,9H,4H2,1-3H3,(H,14,17)(H,15,18). The van der Waals surface area contributed by atoms with E-state index < -0.39 is 16.9 Å². The van der Waals surface area contributed by atoms with Gasteiger partial charge in [0.15, 0.2) is 0 Å². The van der Waals surface area contributed by atoms with Gasteiger partial charge < -0.3 is 10.6 Å². The Morgan fingerprint density at radius 2 is 2.05 bits per heavy atom. The van der Waals surface area contributed by atoms with Crippen molar-refractivity contribution in [3.63, 3.8) is 0 Å². The van der Waals surface area contributed by atoms with Gasteiger partial charge >= 0.3 is 0 Å². The number of benzene rings is 1. The predicted octanol–water partition coefficient (Wildman–Crippen LogP) is 1.16. The Morgan fingerprint density at radius 1 is 1.40 bits per heavy atom. The summed E-state index contributed by atoms with van der Waals surface area (Å²) in [6.07, 6.45) is 0. The van der Waals surface area contributed by atoms with E-state index in [4.69, 9.17) is 0 Å². The second kappa shape index (κ2) is 6.65. The number of nitrogens with zero attached hydrogens (tertiary/aromatic N) is 1. The highest BCUT2D eigenvalue weighted by molar-refractivity contribution is 6.00. The van der Waals surface area contributed by atoms with Crippen LogP contribution in [0, 0.1) is 17.0 Å². The smallest absolute Gasteiger partial charge is 0.285 e. The SMILES string of the molecule is CCNC(=O)C(C)NC(=O)c1cccc(C)c1[N+](=O)[O-]. The van der Waals surface area contributed by atoms with Crippen LogP contribution in [0.3, 0.4) is 0 Å². The molecule has 20 heavy (non-hydrogen) atoms. The fourth-order valence-electron chi connectivity index (χ4n) is 1.75.